The van der Waals surface area contributed by atoms with Crippen LogP contribution in [0.1, 0.15) is 88.3 Å². The molecule has 6 fully saturated rings. The van der Waals surface area contributed by atoms with E-state index in [1.54, 1.807) is 41.7 Å². The topological polar surface area (TPSA) is 56.0 Å². The zero-order valence-electron chi connectivity index (χ0n) is 59.6. The van der Waals surface area contributed by atoms with Gasteiger partial charge in [0.2, 0.25) is 5.91 Å². The van der Waals surface area contributed by atoms with Crippen molar-refractivity contribution in [1.82, 2.24) is 44.1 Å². The minimum atomic E-state index is -4.36. The number of alkyl halides is 9. The molecular formula is C80H103F9N12OS3. The molecule has 0 radical (unpaired) electrons. The van der Waals surface area contributed by atoms with E-state index < -0.39 is 35.2 Å². The second kappa shape index (κ2) is 36.7. The highest BCUT2D eigenvalue weighted by Gasteiger charge is 2.37. The summed E-state index contributed by atoms with van der Waals surface area (Å²) in [7, 11) is 0. The minimum absolute atomic E-state index is 0. The van der Waals surface area contributed by atoms with E-state index >= 15 is 0 Å². The number of rotatable bonds is 21. The summed E-state index contributed by atoms with van der Waals surface area (Å²) in [6.45, 7) is 30.0. The van der Waals surface area contributed by atoms with Crippen LogP contribution in [-0.2, 0) is 23.3 Å². The first-order valence-corrected chi connectivity index (χ1v) is 40.1. The van der Waals surface area contributed by atoms with Crippen molar-refractivity contribution in [2.24, 2.45) is 0 Å². The average molecular weight is 1520 g/mol. The molecule has 6 saturated heterocycles. The van der Waals surface area contributed by atoms with Crippen molar-refractivity contribution in [2.75, 3.05) is 204 Å². The molecule has 9 aliphatic rings. The number of benzene rings is 6. The molecule has 15 rings (SSSR count). The Labute approximate surface area is 628 Å². The Balaban J connectivity index is 0.000000147. The fourth-order valence-electron chi connectivity index (χ4n) is 15.8. The predicted octanol–water partition coefficient (Wildman–Crippen LogP) is 16.8. The number of likely N-dealkylation sites (tertiary alicyclic amines) is 3. The summed E-state index contributed by atoms with van der Waals surface area (Å²) >= 11 is 4.64. The molecule has 570 valence electrons. The van der Waals surface area contributed by atoms with Crippen LogP contribution in [0.5, 0.6) is 0 Å². The molecule has 0 atom stereocenters. The second-order valence-electron chi connectivity index (χ2n) is 28.8. The standard InChI is InChI=1S/C27H35F3N4S.C26H31F3N4OS.C26H33F3N4S.CH4/c28-27(29,30)22-9-10-26-24(21-22)34(23-7-2-3-8-25(23)35-26)14-6-13-32-16-19-33(20-17-32)18-15-31-11-4-1-5-12-31;27-26(28,29)20-8-9-24-22(19-20)33(21-5-1-2-6-23(21)35-24)12-4-10-30-13-15-31(16-14-30)17-18-32-11-3-7-25(32)34;27-26(28,29)21-8-9-25-23(20-21)33(22-6-1-2-7-24(22)34-25)13-5-12-31-15-18-32(19-16-31)17-14-30-10-3-4-11-30;/h2-3,7-10,21H,1,4-6,11-20H2;1-2,5-6,8-9,19H,3-4,7,10-18H2;1-2,6-9,20H,3-5,10-19H2;1H4. The Morgan fingerprint density at radius 2 is 0.543 bits per heavy atom. The Kier molecular flexibility index (Phi) is 27.5. The van der Waals surface area contributed by atoms with E-state index in [4.69, 9.17) is 0 Å². The lowest BCUT2D eigenvalue weighted by atomic mass is 10.1. The van der Waals surface area contributed by atoms with Crippen molar-refractivity contribution in [2.45, 2.75) is 120 Å². The van der Waals surface area contributed by atoms with Crippen molar-refractivity contribution >= 4 is 75.3 Å². The van der Waals surface area contributed by atoms with E-state index in [-0.39, 0.29) is 13.3 Å². The number of anilines is 6. The van der Waals surface area contributed by atoms with Crippen LogP contribution in [-0.4, -0.2) is 240 Å². The van der Waals surface area contributed by atoms with E-state index in [1.807, 2.05) is 65.6 Å². The summed E-state index contributed by atoms with van der Waals surface area (Å²) in [6.07, 6.45) is -1.90. The largest absolute Gasteiger partial charge is 0.416 e. The number of halogens is 9. The number of fused-ring (bicyclic) bond motifs is 6. The van der Waals surface area contributed by atoms with Gasteiger partial charge in [-0.2, -0.15) is 39.5 Å². The fourth-order valence-corrected chi connectivity index (χ4v) is 19.0. The molecule has 9 heterocycles. The van der Waals surface area contributed by atoms with Crippen LogP contribution in [0.3, 0.4) is 0 Å². The van der Waals surface area contributed by atoms with Gasteiger partial charge in [0.25, 0.3) is 0 Å². The molecule has 105 heavy (non-hydrogen) atoms. The number of piperidine rings is 1. The first-order chi connectivity index (χ1) is 50.3. The lowest BCUT2D eigenvalue weighted by Gasteiger charge is -2.37. The van der Waals surface area contributed by atoms with Gasteiger partial charge in [0.05, 0.1) is 50.8 Å². The van der Waals surface area contributed by atoms with Gasteiger partial charge in [-0.3, -0.25) is 19.5 Å². The maximum atomic E-state index is 13.4. The van der Waals surface area contributed by atoms with Crippen molar-refractivity contribution in [1.29, 1.82) is 0 Å². The van der Waals surface area contributed by atoms with Crippen LogP contribution >= 0.6 is 35.3 Å². The Hall–Kier alpha value is -5.71. The number of carbonyl (C=O) groups is 1. The van der Waals surface area contributed by atoms with Gasteiger partial charge in [-0.15, -0.1) is 0 Å². The van der Waals surface area contributed by atoms with Gasteiger partial charge in [0, 0.05) is 180 Å². The average Bonchev–Trinajstić information content (AvgIpc) is 0.859. The van der Waals surface area contributed by atoms with Gasteiger partial charge >= 0.3 is 18.5 Å². The molecule has 0 bridgehead atoms. The SMILES string of the molecule is C.FC(F)(F)c1ccc2c(c1)N(CCCN1CCN(CCN3CCCC3)CC1)c1ccccc1S2.FC(F)(F)c1ccc2c(c1)N(CCCN1CCN(CCN3CCCCC3)CC1)c1ccccc1S2.O=C1CCCN1CCN1CCN(CCCN2c3ccccc3Sc3ccc(C(F)(F)F)cc32)CC1. The first kappa shape index (κ1) is 78.9. The molecule has 0 aliphatic carbocycles. The van der Waals surface area contributed by atoms with Gasteiger partial charge in [0.15, 0.2) is 0 Å². The maximum absolute atomic E-state index is 13.4. The van der Waals surface area contributed by atoms with Crippen LogP contribution in [0.15, 0.2) is 157 Å². The first-order valence-electron chi connectivity index (χ1n) is 37.7. The van der Waals surface area contributed by atoms with Crippen molar-refractivity contribution in [3.05, 3.63) is 144 Å². The molecular weight excluding hydrogens is 1410 g/mol. The van der Waals surface area contributed by atoms with Gasteiger partial charge in [-0.25, -0.2) is 0 Å². The molecule has 1 amide bonds. The van der Waals surface area contributed by atoms with E-state index in [9.17, 15) is 44.3 Å². The lowest BCUT2D eigenvalue weighted by molar-refractivity contribution is -0.138. The molecule has 0 spiro atoms. The van der Waals surface area contributed by atoms with Crippen molar-refractivity contribution < 1.29 is 44.3 Å². The van der Waals surface area contributed by atoms with Crippen LogP contribution in [0.2, 0.25) is 0 Å². The van der Waals surface area contributed by atoms with E-state index in [0.29, 0.717) is 43.1 Å². The molecule has 6 aromatic rings. The summed E-state index contributed by atoms with van der Waals surface area (Å²) < 4.78 is 121. The van der Waals surface area contributed by atoms with E-state index in [0.717, 1.165) is 203 Å². The summed E-state index contributed by atoms with van der Waals surface area (Å²) in [5, 5.41) is 0. The normalized spacial score (nSPS) is 19.5. The molecule has 9 aliphatic heterocycles. The van der Waals surface area contributed by atoms with Gasteiger partial charge < -0.3 is 44.1 Å². The summed E-state index contributed by atoms with van der Waals surface area (Å²) in [6, 6.07) is 36.3. The zero-order valence-corrected chi connectivity index (χ0v) is 62.1. The molecule has 25 heteroatoms. The van der Waals surface area contributed by atoms with Crippen LogP contribution in [0, 0.1) is 0 Å². The fraction of sp³-hybridized carbons (Fsp3) is 0.537. The Bertz CT molecular complexity index is 3780. The number of carbonyl (C=O) groups excluding carboxylic acids is 1. The number of nitrogens with zero attached hydrogens (tertiary/aromatic N) is 12. The van der Waals surface area contributed by atoms with Crippen molar-refractivity contribution in [3.63, 3.8) is 0 Å². The molecule has 13 nitrogen and oxygen atoms in total. The third kappa shape index (κ3) is 21.0. The lowest BCUT2D eigenvalue weighted by Crippen LogP contribution is -2.49. The maximum Gasteiger partial charge on any atom is 0.416 e. The second-order valence-corrected chi connectivity index (χ2v) is 32.0. The van der Waals surface area contributed by atoms with Crippen LogP contribution in [0.4, 0.5) is 73.6 Å². The molecule has 6 aromatic carbocycles. The molecule has 0 unspecified atom stereocenters. The monoisotopic (exact) mass is 1510 g/mol. The summed E-state index contributed by atoms with van der Waals surface area (Å²) in [5.74, 6) is 0.283. The van der Waals surface area contributed by atoms with Gasteiger partial charge in [0.1, 0.15) is 0 Å². The summed E-state index contributed by atoms with van der Waals surface area (Å²) in [5.41, 5.74) is 3.21. The highest BCUT2D eigenvalue weighted by Crippen LogP contribution is 2.53. The highest BCUT2D eigenvalue weighted by molar-refractivity contribution is 8.00. The highest BCUT2D eigenvalue weighted by atomic mass is 32.2. The predicted molar refractivity (Wildman–Crippen MR) is 408 cm³/mol. The van der Waals surface area contributed by atoms with E-state index in [1.165, 1.54) is 120 Å². The minimum Gasteiger partial charge on any atom is -0.341 e. The molecule has 0 N–H and O–H groups in total. The third-order valence-electron chi connectivity index (χ3n) is 21.8. The molecule has 0 saturated carbocycles. The van der Waals surface area contributed by atoms with Gasteiger partial charge in [-0.05, 0) is 188 Å². The van der Waals surface area contributed by atoms with E-state index in [2.05, 4.69) is 66.0 Å². The van der Waals surface area contributed by atoms with Gasteiger partial charge in [-0.1, -0.05) is 85.5 Å². The van der Waals surface area contributed by atoms with Crippen LogP contribution in [0.25, 0.3) is 0 Å². The number of para-hydroxylation sites is 3. The Morgan fingerprint density at radius 3 is 0.838 bits per heavy atom. The number of hydrogen-bond acceptors (Lipinski definition) is 15. The Morgan fingerprint density at radius 1 is 0.276 bits per heavy atom. The van der Waals surface area contributed by atoms with Crippen molar-refractivity contribution in [3.8, 4) is 0 Å². The summed E-state index contributed by atoms with van der Waals surface area (Å²) in [4.78, 5) is 46.1. The third-order valence-corrected chi connectivity index (χ3v) is 25.2. The smallest absolute Gasteiger partial charge is 0.341 e. The number of hydrogen-bond donors (Lipinski definition) is 0. The molecule has 0 aromatic heterocycles. The number of amides is 1. The quantitative estimate of drug-likeness (QED) is 0.0643. The van der Waals surface area contributed by atoms with Crippen LogP contribution < -0.4 is 14.7 Å². The zero-order chi connectivity index (χ0) is 72.2. The number of piperazine rings is 3.